The molecule has 3 N–H and O–H groups in total. The first-order chi connectivity index (χ1) is 25.6. The van der Waals surface area contributed by atoms with Gasteiger partial charge in [-0.15, -0.1) is 0 Å². The van der Waals surface area contributed by atoms with E-state index in [4.69, 9.17) is 4.74 Å². The number of benzene rings is 1. The minimum atomic E-state index is -3.95. The number of aromatic nitrogens is 1. The molecule has 3 atom stereocenters. The Labute approximate surface area is 318 Å². The third-order valence-electron chi connectivity index (χ3n) is 12.0. The minimum absolute atomic E-state index is 0.0350. The number of hydrogen-bond donors (Lipinski definition) is 3. The second-order valence-electron chi connectivity index (χ2n) is 16.7. The van der Waals surface area contributed by atoms with Gasteiger partial charge in [-0.1, -0.05) is 32.1 Å². The number of carbonyl (C=O) groups excluding carboxylic acids is 4. The van der Waals surface area contributed by atoms with E-state index in [0.29, 0.717) is 67.8 Å². The smallest absolute Gasteiger partial charge is 0.407 e. The zero-order chi connectivity index (χ0) is 38.8. The van der Waals surface area contributed by atoms with Gasteiger partial charge in [0, 0.05) is 49.2 Å². The standard InChI is InChI=1S/C39H57FN6O7S/c1-39(2,3)53-38(50)42-31(24-40)26-12-14-27(15-13-26)37(49)46-21-18-30(25-10-6-5-7-11-25)34(46)36(48)41-29-16-17-32-28(22-29)23-33(44(32)4)35(47)43-54(51,52)45-19-8-9-20-45/h16-17,22-23,25-27,30-31,34H,5-15,18-21,24H2,1-4H3,(H,41,48)(H,42,50)(H,43,47)/t26?,27?,30-,31+,34-/m0/s1. The molecular formula is C39H57FN6O7S. The predicted molar refractivity (Wildman–Crippen MR) is 204 cm³/mol. The minimum Gasteiger partial charge on any atom is -0.444 e. The van der Waals surface area contributed by atoms with E-state index in [-0.39, 0.29) is 35.3 Å². The molecule has 54 heavy (non-hydrogen) atoms. The quantitative estimate of drug-likeness (QED) is 0.282. The molecule has 2 aliphatic carbocycles. The van der Waals surface area contributed by atoms with Crippen LogP contribution in [0.4, 0.5) is 14.9 Å². The van der Waals surface area contributed by atoms with Crippen molar-refractivity contribution >= 4 is 50.6 Å². The molecule has 6 rings (SSSR count). The summed E-state index contributed by atoms with van der Waals surface area (Å²) in [6.07, 6.45) is 9.35. The average Bonchev–Trinajstić information content (AvgIpc) is 3.90. The van der Waals surface area contributed by atoms with Crippen molar-refractivity contribution in [2.45, 2.75) is 116 Å². The number of nitrogens with one attached hydrogen (secondary N) is 3. The van der Waals surface area contributed by atoms with E-state index in [1.807, 2.05) is 0 Å². The summed E-state index contributed by atoms with van der Waals surface area (Å²) in [5, 5.41) is 6.44. The first-order valence-corrected chi connectivity index (χ1v) is 21.2. The maximum Gasteiger partial charge on any atom is 0.407 e. The number of rotatable bonds is 10. The number of ether oxygens (including phenoxy) is 1. The van der Waals surface area contributed by atoms with Crippen LogP contribution in [0.3, 0.4) is 0 Å². The SMILES string of the molecule is Cn1c(C(=O)NS(=O)(=O)N2CCCC2)cc2cc(NC(=O)[C@@H]3[C@H](C4CCCCC4)CCN3C(=O)C3CCC([C@@H](CF)NC(=O)OC(C)(C)C)CC3)ccc21. The van der Waals surface area contributed by atoms with Gasteiger partial charge in [-0.3, -0.25) is 14.4 Å². The number of fused-ring (bicyclic) bond motifs is 1. The molecule has 0 unspecified atom stereocenters. The molecule has 4 amide bonds. The molecule has 2 saturated carbocycles. The van der Waals surface area contributed by atoms with Gasteiger partial charge in [0.25, 0.3) is 5.91 Å². The van der Waals surface area contributed by atoms with Gasteiger partial charge in [-0.25, -0.2) is 13.9 Å². The number of nitrogens with zero attached hydrogens (tertiary/aromatic N) is 3. The van der Waals surface area contributed by atoms with Crippen LogP contribution in [0.1, 0.15) is 108 Å². The van der Waals surface area contributed by atoms with Crippen molar-refractivity contribution in [3.8, 4) is 0 Å². The monoisotopic (exact) mass is 772 g/mol. The van der Waals surface area contributed by atoms with Crippen LogP contribution < -0.4 is 15.4 Å². The van der Waals surface area contributed by atoms with Gasteiger partial charge < -0.3 is 24.8 Å². The first-order valence-electron chi connectivity index (χ1n) is 19.7. The average molecular weight is 773 g/mol. The Morgan fingerprint density at radius 1 is 0.907 bits per heavy atom. The highest BCUT2D eigenvalue weighted by Gasteiger charge is 2.47. The van der Waals surface area contributed by atoms with Crippen LogP contribution in [0, 0.1) is 23.7 Å². The highest BCUT2D eigenvalue weighted by atomic mass is 32.2. The second kappa shape index (κ2) is 16.6. The molecule has 1 aromatic heterocycles. The third kappa shape index (κ3) is 9.04. The molecule has 2 aromatic rings. The summed E-state index contributed by atoms with van der Waals surface area (Å²) in [5.74, 6) is -1.03. The Morgan fingerprint density at radius 2 is 1.59 bits per heavy atom. The van der Waals surface area contributed by atoms with Gasteiger partial charge in [-0.2, -0.15) is 12.7 Å². The fourth-order valence-corrected chi connectivity index (χ4v) is 10.4. The molecule has 4 aliphatic rings. The predicted octanol–water partition coefficient (Wildman–Crippen LogP) is 5.65. The number of anilines is 1. The van der Waals surface area contributed by atoms with Crippen molar-refractivity contribution in [1.82, 2.24) is 23.8 Å². The van der Waals surface area contributed by atoms with E-state index in [1.165, 1.54) is 10.7 Å². The van der Waals surface area contributed by atoms with Crippen molar-refractivity contribution < 1.29 is 36.7 Å². The van der Waals surface area contributed by atoms with E-state index >= 15 is 0 Å². The number of carbonyl (C=O) groups is 4. The van der Waals surface area contributed by atoms with E-state index in [0.717, 1.165) is 44.9 Å². The topological polar surface area (TPSA) is 159 Å². The maximum absolute atomic E-state index is 14.3. The molecule has 15 heteroatoms. The number of aryl methyl sites for hydroxylation is 1. The van der Waals surface area contributed by atoms with Crippen LogP contribution >= 0.6 is 0 Å². The Balaban J connectivity index is 1.14. The van der Waals surface area contributed by atoms with Gasteiger partial charge in [-0.05, 0) is 108 Å². The number of amides is 4. The molecule has 1 aromatic carbocycles. The van der Waals surface area contributed by atoms with Crippen molar-refractivity contribution in [1.29, 1.82) is 0 Å². The van der Waals surface area contributed by atoms with Gasteiger partial charge in [0.05, 0.1) is 6.04 Å². The number of halogens is 1. The zero-order valence-electron chi connectivity index (χ0n) is 32.1. The van der Waals surface area contributed by atoms with Crippen LogP contribution in [-0.4, -0.2) is 90.0 Å². The molecule has 0 spiro atoms. The highest BCUT2D eigenvalue weighted by molar-refractivity contribution is 7.87. The third-order valence-corrected chi connectivity index (χ3v) is 13.5. The zero-order valence-corrected chi connectivity index (χ0v) is 32.9. The summed E-state index contributed by atoms with van der Waals surface area (Å²) < 4.78 is 50.1. The second-order valence-corrected chi connectivity index (χ2v) is 18.4. The van der Waals surface area contributed by atoms with Crippen molar-refractivity contribution in [2.75, 3.05) is 31.6 Å². The Bertz CT molecular complexity index is 1810. The van der Waals surface area contributed by atoms with Crippen molar-refractivity contribution in [3.05, 3.63) is 30.0 Å². The molecule has 3 heterocycles. The van der Waals surface area contributed by atoms with Gasteiger partial charge in [0.1, 0.15) is 24.0 Å². The molecule has 13 nitrogen and oxygen atoms in total. The van der Waals surface area contributed by atoms with Crippen molar-refractivity contribution in [3.63, 3.8) is 0 Å². The van der Waals surface area contributed by atoms with Crippen LogP contribution in [0.5, 0.6) is 0 Å². The van der Waals surface area contributed by atoms with E-state index in [2.05, 4.69) is 15.4 Å². The van der Waals surface area contributed by atoms with Gasteiger partial charge >= 0.3 is 16.3 Å². The molecule has 0 radical (unpaired) electrons. The molecule has 2 aliphatic heterocycles. The summed E-state index contributed by atoms with van der Waals surface area (Å²) in [6.45, 7) is 5.81. The number of alkyl halides is 1. The lowest BCUT2D eigenvalue weighted by molar-refractivity contribution is -0.142. The first kappa shape index (κ1) is 40.0. The van der Waals surface area contributed by atoms with Gasteiger partial charge in [0.2, 0.25) is 11.8 Å². The number of likely N-dealkylation sites (tertiary alicyclic amines) is 1. The summed E-state index contributed by atoms with van der Waals surface area (Å²) in [5.41, 5.74) is 0.696. The molecular weight excluding hydrogens is 716 g/mol. The summed E-state index contributed by atoms with van der Waals surface area (Å²) in [6, 6.07) is 5.61. The molecule has 0 bridgehead atoms. The van der Waals surface area contributed by atoms with Crippen LogP contribution in [0.2, 0.25) is 0 Å². The Hall–Kier alpha value is -3.72. The highest BCUT2D eigenvalue weighted by Crippen LogP contribution is 2.41. The van der Waals surface area contributed by atoms with E-state index < -0.39 is 46.6 Å². The lowest BCUT2D eigenvalue weighted by Gasteiger charge is -2.37. The molecule has 298 valence electrons. The van der Waals surface area contributed by atoms with Crippen LogP contribution in [-0.2, 0) is 31.6 Å². The lowest BCUT2D eigenvalue weighted by Crippen LogP contribution is -2.50. The number of alkyl carbamates (subject to hydrolysis) is 1. The van der Waals surface area contributed by atoms with E-state index in [9.17, 15) is 32.0 Å². The Kier molecular flexibility index (Phi) is 12.3. The van der Waals surface area contributed by atoms with Crippen LogP contribution in [0.15, 0.2) is 24.3 Å². The number of hydrogen-bond acceptors (Lipinski definition) is 7. The van der Waals surface area contributed by atoms with Crippen LogP contribution in [0.25, 0.3) is 10.9 Å². The molecule has 2 saturated heterocycles. The summed E-state index contributed by atoms with van der Waals surface area (Å²) in [7, 11) is -2.26. The van der Waals surface area contributed by atoms with Crippen molar-refractivity contribution in [2.24, 2.45) is 30.7 Å². The Morgan fingerprint density at radius 3 is 2.24 bits per heavy atom. The largest absolute Gasteiger partial charge is 0.444 e. The van der Waals surface area contributed by atoms with Gasteiger partial charge in [0.15, 0.2) is 0 Å². The summed E-state index contributed by atoms with van der Waals surface area (Å²) in [4.78, 5) is 55.8. The molecule has 4 fully saturated rings. The summed E-state index contributed by atoms with van der Waals surface area (Å²) >= 11 is 0. The van der Waals surface area contributed by atoms with E-state index in [1.54, 1.807) is 61.6 Å². The fourth-order valence-electron chi connectivity index (χ4n) is 9.22. The fraction of sp³-hybridized carbons (Fsp3) is 0.692. The normalized spacial score (nSPS) is 25.0. The maximum atomic E-state index is 14.3. The lowest BCUT2D eigenvalue weighted by atomic mass is 9.76.